The molecule has 1 heterocycles. The minimum absolute atomic E-state index is 0.0473. The standard InChI is InChI=1S/C15H30N2O3S/c1-15(2,3)16-21(19,20)17-11-7-6-9-13(17)12-8-4-5-10-14(12)18/h12-14,16,18H,4-11H2,1-3H3. The molecule has 3 atom stereocenters. The number of piperidine rings is 1. The fraction of sp³-hybridized carbons (Fsp3) is 1.00. The van der Waals surface area contributed by atoms with Crippen LogP contribution in [0.1, 0.15) is 65.7 Å². The van der Waals surface area contributed by atoms with E-state index >= 15 is 0 Å². The molecule has 0 radical (unpaired) electrons. The van der Waals surface area contributed by atoms with Crippen LogP contribution in [0.5, 0.6) is 0 Å². The molecule has 2 aliphatic rings. The van der Waals surface area contributed by atoms with Gasteiger partial charge in [-0.3, -0.25) is 0 Å². The van der Waals surface area contributed by atoms with E-state index in [0.29, 0.717) is 6.54 Å². The van der Waals surface area contributed by atoms with Gasteiger partial charge in [0, 0.05) is 24.0 Å². The molecule has 21 heavy (non-hydrogen) atoms. The van der Waals surface area contributed by atoms with Crippen LogP contribution in [0.15, 0.2) is 0 Å². The number of nitrogens with one attached hydrogen (secondary N) is 1. The van der Waals surface area contributed by atoms with E-state index in [1.54, 1.807) is 4.31 Å². The first-order chi connectivity index (χ1) is 9.71. The lowest BCUT2D eigenvalue weighted by Crippen LogP contribution is -2.57. The van der Waals surface area contributed by atoms with E-state index < -0.39 is 15.7 Å². The first-order valence-electron chi connectivity index (χ1n) is 8.19. The SMILES string of the molecule is CC(C)(C)NS(=O)(=O)N1CCCCC1C1CCCCC1O. The number of aliphatic hydroxyl groups excluding tert-OH is 1. The summed E-state index contributed by atoms with van der Waals surface area (Å²) < 4.78 is 29.8. The Morgan fingerprint density at radius 2 is 1.67 bits per heavy atom. The van der Waals surface area contributed by atoms with Crippen molar-refractivity contribution in [3.8, 4) is 0 Å². The summed E-state index contributed by atoms with van der Waals surface area (Å²) in [5, 5.41) is 10.3. The van der Waals surface area contributed by atoms with E-state index in [4.69, 9.17) is 0 Å². The second kappa shape index (κ2) is 6.52. The molecule has 2 fully saturated rings. The first-order valence-corrected chi connectivity index (χ1v) is 9.63. The van der Waals surface area contributed by atoms with Gasteiger partial charge >= 0.3 is 0 Å². The Balaban J connectivity index is 2.18. The van der Waals surface area contributed by atoms with Gasteiger partial charge in [-0.25, -0.2) is 0 Å². The fourth-order valence-electron chi connectivity index (χ4n) is 3.69. The summed E-state index contributed by atoms with van der Waals surface area (Å²) in [5.41, 5.74) is -0.480. The van der Waals surface area contributed by atoms with E-state index in [0.717, 1.165) is 44.9 Å². The molecule has 3 unspecified atom stereocenters. The van der Waals surface area contributed by atoms with Gasteiger partial charge in [0.15, 0.2) is 0 Å². The van der Waals surface area contributed by atoms with Crippen molar-refractivity contribution in [1.82, 2.24) is 9.03 Å². The second-order valence-corrected chi connectivity index (χ2v) is 9.17. The molecule has 0 aromatic rings. The Morgan fingerprint density at radius 1 is 1.05 bits per heavy atom. The van der Waals surface area contributed by atoms with Crippen LogP contribution >= 0.6 is 0 Å². The summed E-state index contributed by atoms with van der Waals surface area (Å²) in [6.07, 6.45) is 6.37. The van der Waals surface area contributed by atoms with Gasteiger partial charge in [0.25, 0.3) is 10.2 Å². The van der Waals surface area contributed by atoms with Crippen molar-refractivity contribution in [2.45, 2.75) is 83.4 Å². The number of nitrogens with zero attached hydrogens (tertiary/aromatic N) is 1. The Bertz CT molecular complexity index is 444. The highest BCUT2D eigenvalue weighted by atomic mass is 32.2. The van der Waals surface area contributed by atoms with Gasteiger partial charge in [-0.1, -0.05) is 19.3 Å². The van der Waals surface area contributed by atoms with E-state index in [2.05, 4.69) is 4.72 Å². The summed E-state index contributed by atoms with van der Waals surface area (Å²) in [6.45, 7) is 6.15. The third-order valence-corrected chi connectivity index (χ3v) is 6.46. The van der Waals surface area contributed by atoms with Crippen LogP contribution in [-0.2, 0) is 10.2 Å². The molecular formula is C15H30N2O3S. The normalized spacial score (nSPS) is 33.0. The molecule has 0 aromatic carbocycles. The molecule has 0 amide bonds. The fourth-order valence-corrected chi connectivity index (χ4v) is 5.57. The van der Waals surface area contributed by atoms with E-state index in [9.17, 15) is 13.5 Å². The van der Waals surface area contributed by atoms with Gasteiger partial charge in [-0.15, -0.1) is 0 Å². The van der Waals surface area contributed by atoms with Gasteiger partial charge in [0.1, 0.15) is 0 Å². The minimum Gasteiger partial charge on any atom is -0.393 e. The topological polar surface area (TPSA) is 69.6 Å². The van der Waals surface area contributed by atoms with Crippen LogP contribution in [0.2, 0.25) is 0 Å². The van der Waals surface area contributed by atoms with Crippen LogP contribution in [0, 0.1) is 5.92 Å². The molecule has 0 aromatic heterocycles. The molecule has 2 rings (SSSR count). The van der Waals surface area contributed by atoms with Crippen molar-refractivity contribution in [1.29, 1.82) is 0 Å². The molecule has 6 heteroatoms. The highest BCUT2D eigenvalue weighted by Crippen LogP contribution is 2.35. The molecule has 1 saturated heterocycles. The van der Waals surface area contributed by atoms with Gasteiger partial charge in [0.2, 0.25) is 0 Å². The van der Waals surface area contributed by atoms with Crippen molar-refractivity contribution in [3.63, 3.8) is 0 Å². The van der Waals surface area contributed by atoms with E-state index in [1.807, 2.05) is 20.8 Å². The molecule has 1 saturated carbocycles. The van der Waals surface area contributed by atoms with E-state index in [1.165, 1.54) is 0 Å². The molecule has 2 N–H and O–H groups in total. The zero-order valence-electron chi connectivity index (χ0n) is 13.5. The number of hydrogen-bond acceptors (Lipinski definition) is 3. The van der Waals surface area contributed by atoms with Gasteiger partial charge in [-0.05, 0) is 46.5 Å². The van der Waals surface area contributed by atoms with Crippen LogP contribution in [-0.4, -0.2) is 42.1 Å². The highest BCUT2D eigenvalue weighted by molar-refractivity contribution is 7.87. The van der Waals surface area contributed by atoms with Gasteiger partial charge in [-0.2, -0.15) is 17.4 Å². The molecule has 1 aliphatic heterocycles. The van der Waals surface area contributed by atoms with Crippen molar-refractivity contribution >= 4 is 10.2 Å². The summed E-state index contributed by atoms with van der Waals surface area (Å²) >= 11 is 0. The number of aliphatic hydroxyl groups is 1. The monoisotopic (exact) mass is 318 g/mol. The summed E-state index contributed by atoms with van der Waals surface area (Å²) in [7, 11) is -3.49. The third-order valence-electron chi connectivity index (χ3n) is 4.52. The lowest BCUT2D eigenvalue weighted by Gasteiger charge is -2.43. The summed E-state index contributed by atoms with van der Waals surface area (Å²) in [5.74, 6) is 0.0931. The molecule has 1 aliphatic carbocycles. The number of rotatable bonds is 3. The Kier molecular flexibility index (Phi) is 5.34. The first kappa shape index (κ1) is 17.2. The van der Waals surface area contributed by atoms with Crippen molar-refractivity contribution in [3.05, 3.63) is 0 Å². The predicted molar refractivity (Wildman–Crippen MR) is 84.1 cm³/mol. The molecule has 124 valence electrons. The summed E-state index contributed by atoms with van der Waals surface area (Å²) in [6, 6.07) is -0.0473. The molecule has 0 spiro atoms. The second-order valence-electron chi connectivity index (χ2n) is 7.55. The zero-order valence-corrected chi connectivity index (χ0v) is 14.3. The maximum absolute atomic E-state index is 12.7. The van der Waals surface area contributed by atoms with Gasteiger partial charge < -0.3 is 5.11 Å². The quantitative estimate of drug-likeness (QED) is 0.836. The largest absolute Gasteiger partial charge is 0.393 e. The molecule has 5 nitrogen and oxygen atoms in total. The third kappa shape index (κ3) is 4.41. The lowest BCUT2D eigenvalue weighted by molar-refractivity contribution is 0.0199. The maximum Gasteiger partial charge on any atom is 0.280 e. The average molecular weight is 318 g/mol. The highest BCUT2D eigenvalue weighted by Gasteiger charge is 2.41. The maximum atomic E-state index is 12.7. The number of hydrogen-bond donors (Lipinski definition) is 2. The van der Waals surface area contributed by atoms with E-state index in [-0.39, 0.29) is 18.1 Å². The van der Waals surface area contributed by atoms with Crippen molar-refractivity contribution in [2.24, 2.45) is 5.92 Å². The lowest BCUT2D eigenvalue weighted by atomic mass is 9.79. The summed E-state index contributed by atoms with van der Waals surface area (Å²) in [4.78, 5) is 0. The van der Waals surface area contributed by atoms with Crippen LogP contribution in [0.3, 0.4) is 0 Å². The average Bonchev–Trinajstić information content (AvgIpc) is 2.36. The zero-order chi connectivity index (χ0) is 15.7. The van der Waals surface area contributed by atoms with Gasteiger partial charge in [0.05, 0.1) is 6.10 Å². The Labute approximate surface area is 129 Å². The Hall–Kier alpha value is -0.170. The minimum atomic E-state index is -3.49. The van der Waals surface area contributed by atoms with Crippen molar-refractivity contribution < 1.29 is 13.5 Å². The van der Waals surface area contributed by atoms with Crippen LogP contribution in [0.25, 0.3) is 0 Å². The van der Waals surface area contributed by atoms with Crippen molar-refractivity contribution in [2.75, 3.05) is 6.54 Å². The molecular weight excluding hydrogens is 288 g/mol. The smallest absolute Gasteiger partial charge is 0.280 e. The molecule has 0 bridgehead atoms. The predicted octanol–water partition coefficient (Wildman–Crippen LogP) is 2.02. The van der Waals surface area contributed by atoms with Crippen LogP contribution < -0.4 is 4.72 Å². The Morgan fingerprint density at radius 3 is 2.29 bits per heavy atom. The van der Waals surface area contributed by atoms with Crippen LogP contribution in [0.4, 0.5) is 0 Å².